The first-order valence-corrected chi connectivity index (χ1v) is 11.4. The first-order chi connectivity index (χ1) is 15.8. The van der Waals surface area contributed by atoms with Crippen LogP contribution in [0.5, 0.6) is 5.75 Å². The Balaban J connectivity index is 1.78. The molecular formula is C26H29F3O4. The molecule has 4 nitrogen and oxygen atoms in total. The third-order valence-electron chi connectivity index (χ3n) is 6.37. The lowest BCUT2D eigenvalue weighted by molar-refractivity contribution is 0.0586. The molecule has 1 fully saturated rings. The fraction of sp³-hybridized carbons (Fsp3) is 0.462. The van der Waals surface area contributed by atoms with Gasteiger partial charge in [0.25, 0.3) is 0 Å². The molecule has 0 unspecified atom stereocenters. The number of ether oxygens (including phenoxy) is 2. The first-order valence-electron chi connectivity index (χ1n) is 11.4. The lowest BCUT2D eigenvalue weighted by Crippen LogP contribution is -2.18. The number of unbranched alkanes of at least 4 members (excludes halogenated alkanes) is 2. The van der Waals surface area contributed by atoms with Gasteiger partial charge in [0.05, 0.1) is 18.2 Å². The monoisotopic (exact) mass is 462 g/mol. The summed E-state index contributed by atoms with van der Waals surface area (Å²) in [7, 11) is 1.19. The smallest absolute Gasteiger partial charge is 0.344 e. The molecule has 7 heteroatoms. The topological polar surface area (TPSA) is 52.6 Å². The molecule has 0 bridgehead atoms. The van der Waals surface area contributed by atoms with E-state index in [4.69, 9.17) is 9.47 Å². The quantitative estimate of drug-likeness (QED) is 0.184. The van der Waals surface area contributed by atoms with Crippen molar-refractivity contribution < 1.29 is 32.2 Å². The van der Waals surface area contributed by atoms with Gasteiger partial charge in [-0.3, -0.25) is 0 Å². The molecule has 0 aromatic heterocycles. The Morgan fingerprint density at radius 1 is 0.939 bits per heavy atom. The van der Waals surface area contributed by atoms with Crippen LogP contribution in [0.15, 0.2) is 30.3 Å². The summed E-state index contributed by atoms with van der Waals surface area (Å²) in [5.41, 5.74) is 0.729. The molecule has 0 saturated heterocycles. The minimum absolute atomic E-state index is 0.0256. The van der Waals surface area contributed by atoms with E-state index >= 15 is 0 Å². The molecule has 0 atom stereocenters. The van der Waals surface area contributed by atoms with Crippen molar-refractivity contribution >= 4 is 11.9 Å². The standard InChI is InChI=1S/C26H29F3O4/c1-3-4-5-6-16-7-9-17(10-8-16)18-11-12-20(21(13-18)25(30)32-2)26(31)33-23-15-19(27)14-22(28)24(23)29/h11-17H,3-10H2,1-2H3. The van der Waals surface area contributed by atoms with Gasteiger partial charge < -0.3 is 9.47 Å². The third kappa shape index (κ3) is 6.15. The van der Waals surface area contributed by atoms with Gasteiger partial charge in [-0.15, -0.1) is 0 Å². The summed E-state index contributed by atoms with van der Waals surface area (Å²) in [4.78, 5) is 25.0. The molecule has 0 spiro atoms. The highest BCUT2D eigenvalue weighted by Gasteiger charge is 2.26. The molecule has 0 heterocycles. The second kappa shape index (κ2) is 11.3. The largest absolute Gasteiger partial charge is 0.465 e. The average molecular weight is 463 g/mol. The van der Waals surface area contributed by atoms with E-state index in [9.17, 15) is 22.8 Å². The second-order valence-electron chi connectivity index (χ2n) is 8.60. The molecule has 0 aliphatic heterocycles. The van der Waals surface area contributed by atoms with Crippen LogP contribution in [0, 0.1) is 23.4 Å². The van der Waals surface area contributed by atoms with Gasteiger partial charge in [-0.2, -0.15) is 4.39 Å². The van der Waals surface area contributed by atoms with Gasteiger partial charge in [-0.25, -0.2) is 18.4 Å². The Labute approximate surface area is 192 Å². The molecular weight excluding hydrogens is 433 g/mol. The number of rotatable bonds is 8. The Hall–Kier alpha value is -2.83. The van der Waals surface area contributed by atoms with Crippen molar-refractivity contribution in [2.45, 2.75) is 64.2 Å². The summed E-state index contributed by atoms with van der Waals surface area (Å²) >= 11 is 0. The van der Waals surface area contributed by atoms with Crippen molar-refractivity contribution in [2.24, 2.45) is 5.92 Å². The summed E-state index contributed by atoms with van der Waals surface area (Å²) in [6.45, 7) is 2.20. The van der Waals surface area contributed by atoms with Crippen molar-refractivity contribution in [2.75, 3.05) is 7.11 Å². The van der Waals surface area contributed by atoms with Crippen LogP contribution in [0.25, 0.3) is 0 Å². The van der Waals surface area contributed by atoms with E-state index in [1.54, 1.807) is 12.1 Å². The Bertz CT molecular complexity index is 997. The van der Waals surface area contributed by atoms with Crippen LogP contribution < -0.4 is 4.74 Å². The number of carbonyl (C=O) groups is 2. The first kappa shape index (κ1) is 24.8. The molecule has 0 N–H and O–H groups in total. The normalized spacial score (nSPS) is 18.1. The zero-order valence-electron chi connectivity index (χ0n) is 19.0. The summed E-state index contributed by atoms with van der Waals surface area (Å²) in [6, 6.07) is 5.69. The van der Waals surface area contributed by atoms with E-state index < -0.39 is 35.1 Å². The Kier molecular flexibility index (Phi) is 8.53. The molecule has 0 radical (unpaired) electrons. The van der Waals surface area contributed by atoms with Crippen molar-refractivity contribution in [1.82, 2.24) is 0 Å². The SMILES string of the molecule is CCCCCC1CCC(c2ccc(C(=O)Oc3cc(F)cc(F)c3F)c(C(=O)OC)c2)CC1. The second-order valence-corrected chi connectivity index (χ2v) is 8.60. The number of esters is 2. The minimum Gasteiger partial charge on any atom is -0.465 e. The lowest BCUT2D eigenvalue weighted by atomic mass is 9.76. The van der Waals surface area contributed by atoms with Gasteiger partial charge >= 0.3 is 11.9 Å². The van der Waals surface area contributed by atoms with Crippen molar-refractivity contribution in [3.63, 3.8) is 0 Å². The van der Waals surface area contributed by atoms with Crippen LogP contribution in [0.4, 0.5) is 13.2 Å². The van der Waals surface area contributed by atoms with E-state index in [-0.39, 0.29) is 17.0 Å². The van der Waals surface area contributed by atoms with Gasteiger partial charge in [0.2, 0.25) is 5.82 Å². The van der Waals surface area contributed by atoms with E-state index in [2.05, 4.69) is 6.92 Å². The highest BCUT2D eigenvalue weighted by atomic mass is 19.2. The Morgan fingerprint density at radius 2 is 1.67 bits per heavy atom. The highest BCUT2D eigenvalue weighted by molar-refractivity contribution is 6.04. The maximum Gasteiger partial charge on any atom is 0.344 e. The molecule has 0 amide bonds. The number of hydrogen-bond donors (Lipinski definition) is 0. The molecule has 33 heavy (non-hydrogen) atoms. The predicted molar refractivity (Wildman–Crippen MR) is 118 cm³/mol. The minimum atomic E-state index is -1.49. The summed E-state index contributed by atoms with van der Waals surface area (Å²) in [5.74, 6) is -5.82. The van der Waals surface area contributed by atoms with Gasteiger partial charge in [0.15, 0.2) is 11.6 Å². The average Bonchev–Trinajstić information content (AvgIpc) is 2.82. The van der Waals surface area contributed by atoms with Crippen molar-refractivity contribution in [3.05, 3.63) is 64.5 Å². The van der Waals surface area contributed by atoms with Crippen LogP contribution >= 0.6 is 0 Å². The molecule has 1 aliphatic rings. The number of benzene rings is 2. The molecule has 1 aliphatic carbocycles. The van der Waals surface area contributed by atoms with Crippen molar-refractivity contribution in [1.29, 1.82) is 0 Å². The summed E-state index contributed by atoms with van der Waals surface area (Å²) in [6.07, 6.45) is 9.20. The Morgan fingerprint density at radius 3 is 2.33 bits per heavy atom. The molecule has 2 aromatic rings. The van der Waals surface area contributed by atoms with Gasteiger partial charge in [0, 0.05) is 12.1 Å². The maximum absolute atomic E-state index is 13.9. The highest BCUT2D eigenvalue weighted by Crippen LogP contribution is 2.38. The van der Waals surface area contributed by atoms with E-state index in [0.29, 0.717) is 12.1 Å². The molecule has 3 rings (SSSR count). The van der Waals surface area contributed by atoms with Gasteiger partial charge in [0.1, 0.15) is 5.82 Å². The zero-order chi connectivity index (χ0) is 24.0. The van der Waals surface area contributed by atoms with Gasteiger partial charge in [-0.05, 0) is 55.2 Å². The van der Waals surface area contributed by atoms with Crippen LogP contribution in [0.3, 0.4) is 0 Å². The van der Waals surface area contributed by atoms with Crippen LogP contribution in [-0.2, 0) is 4.74 Å². The number of carbonyl (C=O) groups excluding carboxylic acids is 2. The maximum atomic E-state index is 13.9. The van der Waals surface area contributed by atoms with E-state index in [1.807, 2.05) is 0 Å². The zero-order valence-corrected chi connectivity index (χ0v) is 19.0. The fourth-order valence-corrected chi connectivity index (χ4v) is 4.50. The van der Waals surface area contributed by atoms with Crippen LogP contribution in [0.1, 0.15) is 90.5 Å². The number of hydrogen-bond acceptors (Lipinski definition) is 4. The van der Waals surface area contributed by atoms with Gasteiger partial charge in [-0.1, -0.05) is 38.7 Å². The summed E-state index contributed by atoms with van der Waals surface area (Å²) < 4.78 is 50.5. The van der Waals surface area contributed by atoms with Crippen molar-refractivity contribution in [3.8, 4) is 5.75 Å². The third-order valence-corrected chi connectivity index (χ3v) is 6.37. The molecule has 1 saturated carbocycles. The van der Waals surface area contributed by atoms with Crippen LogP contribution in [0.2, 0.25) is 0 Å². The van der Waals surface area contributed by atoms with Crippen LogP contribution in [-0.4, -0.2) is 19.0 Å². The molecule has 178 valence electrons. The van der Waals surface area contributed by atoms with E-state index in [0.717, 1.165) is 37.2 Å². The molecule has 2 aromatic carbocycles. The van der Waals surface area contributed by atoms with E-state index in [1.165, 1.54) is 38.9 Å². The lowest BCUT2D eigenvalue weighted by Gasteiger charge is -2.29. The number of halogens is 3. The summed E-state index contributed by atoms with van der Waals surface area (Å²) in [5, 5.41) is 0. The number of methoxy groups -OCH3 is 1. The predicted octanol–water partition coefficient (Wildman–Crippen LogP) is 6.96. The fourth-order valence-electron chi connectivity index (χ4n) is 4.50.